The summed E-state index contributed by atoms with van der Waals surface area (Å²) in [5.74, 6) is -6.71. The standard InChI is InChI=1S/C7H7F4N3O2S/c1-16-3(15)2-14-5(12-13-6(14)17)7(10,11)4(8)9/h4H,2H2,1H3,(H,13,17). The number of rotatable bonds is 4. The number of carbonyl (C=O) groups excluding carboxylic acids is 1. The van der Waals surface area contributed by atoms with Gasteiger partial charge in [-0.05, 0) is 12.2 Å². The number of nitrogens with one attached hydrogen (secondary N) is 1. The largest absolute Gasteiger partial charge is 0.468 e. The van der Waals surface area contributed by atoms with Gasteiger partial charge in [0, 0.05) is 0 Å². The van der Waals surface area contributed by atoms with Crippen LogP contribution in [0.5, 0.6) is 0 Å². The van der Waals surface area contributed by atoms with Crippen molar-refractivity contribution in [2.75, 3.05) is 7.11 Å². The van der Waals surface area contributed by atoms with E-state index in [2.05, 4.69) is 22.1 Å². The van der Waals surface area contributed by atoms with Crippen molar-refractivity contribution in [3.63, 3.8) is 0 Å². The highest BCUT2D eigenvalue weighted by Gasteiger charge is 2.47. The summed E-state index contributed by atoms with van der Waals surface area (Å²) in [4.78, 5) is 10.9. The van der Waals surface area contributed by atoms with Crippen molar-refractivity contribution in [1.29, 1.82) is 0 Å². The normalized spacial score (nSPS) is 11.9. The Hall–Kier alpha value is -1.45. The van der Waals surface area contributed by atoms with Crippen molar-refractivity contribution in [1.82, 2.24) is 14.8 Å². The van der Waals surface area contributed by atoms with Crippen LogP contribution in [0.15, 0.2) is 0 Å². The maximum atomic E-state index is 13.1. The van der Waals surface area contributed by atoms with Gasteiger partial charge in [-0.1, -0.05) is 0 Å². The van der Waals surface area contributed by atoms with E-state index in [0.29, 0.717) is 4.57 Å². The molecule has 1 heterocycles. The second-order valence-corrected chi connectivity index (χ2v) is 3.33. The van der Waals surface area contributed by atoms with Crippen LogP contribution in [-0.2, 0) is 22.0 Å². The van der Waals surface area contributed by atoms with Crippen molar-refractivity contribution in [2.45, 2.75) is 18.9 Å². The first-order valence-corrected chi connectivity index (χ1v) is 4.60. The first-order valence-electron chi connectivity index (χ1n) is 4.19. The third-order valence-corrected chi connectivity index (χ3v) is 2.16. The SMILES string of the molecule is COC(=O)Cn1c(C(F)(F)C(F)F)n[nH]c1=S. The van der Waals surface area contributed by atoms with Crippen LogP contribution in [-0.4, -0.2) is 34.3 Å². The number of aromatic amines is 1. The minimum absolute atomic E-state index is 0.370. The van der Waals surface area contributed by atoms with Crippen LogP contribution in [0.2, 0.25) is 0 Å². The van der Waals surface area contributed by atoms with E-state index in [4.69, 9.17) is 0 Å². The highest BCUT2D eigenvalue weighted by Crippen LogP contribution is 2.33. The Kier molecular flexibility index (Phi) is 3.86. The summed E-state index contributed by atoms with van der Waals surface area (Å²) in [6.07, 6.45) is -3.95. The number of halogens is 4. The van der Waals surface area contributed by atoms with Gasteiger partial charge >= 0.3 is 18.3 Å². The number of nitrogens with zero attached hydrogens (tertiary/aromatic N) is 2. The number of hydrogen-bond donors (Lipinski definition) is 1. The average Bonchev–Trinajstić information content (AvgIpc) is 2.60. The fraction of sp³-hybridized carbons (Fsp3) is 0.571. The molecule has 0 amide bonds. The van der Waals surface area contributed by atoms with Crippen LogP contribution in [0, 0.1) is 4.77 Å². The molecule has 0 aliphatic rings. The van der Waals surface area contributed by atoms with E-state index in [1.165, 1.54) is 0 Å². The van der Waals surface area contributed by atoms with E-state index < -0.39 is 30.7 Å². The number of methoxy groups -OCH3 is 1. The Labute approximate surface area is 97.4 Å². The quantitative estimate of drug-likeness (QED) is 0.512. The Morgan fingerprint density at radius 1 is 1.65 bits per heavy atom. The monoisotopic (exact) mass is 273 g/mol. The highest BCUT2D eigenvalue weighted by molar-refractivity contribution is 7.71. The molecule has 0 unspecified atom stereocenters. The van der Waals surface area contributed by atoms with Gasteiger partial charge in [0.2, 0.25) is 5.82 Å². The van der Waals surface area contributed by atoms with Crippen LogP contribution in [0.4, 0.5) is 17.6 Å². The van der Waals surface area contributed by atoms with Gasteiger partial charge in [0.1, 0.15) is 6.54 Å². The summed E-state index contributed by atoms with van der Waals surface area (Å²) in [6, 6.07) is 0. The second-order valence-electron chi connectivity index (χ2n) is 2.94. The fourth-order valence-electron chi connectivity index (χ4n) is 1.01. The summed E-state index contributed by atoms with van der Waals surface area (Å²) < 4.78 is 54.7. The number of carbonyl (C=O) groups is 1. The van der Waals surface area contributed by atoms with Gasteiger partial charge in [0.15, 0.2) is 4.77 Å². The Bertz CT molecular complexity index is 470. The Morgan fingerprint density at radius 2 is 2.24 bits per heavy atom. The highest BCUT2D eigenvalue weighted by atomic mass is 32.1. The molecule has 17 heavy (non-hydrogen) atoms. The second kappa shape index (κ2) is 4.82. The van der Waals surface area contributed by atoms with Gasteiger partial charge in [-0.2, -0.15) is 13.9 Å². The van der Waals surface area contributed by atoms with Crippen molar-refractivity contribution >= 4 is 18.2 Å². The van der Waals surface area contributed by atoms with Gasteiger partial charge in [-0.3, -0.25) is 14.5 Å². The van der Waals surface area contributed by atoms with Crippen LogP contribution in [0.3, 0.4) is 0 Å². The third-order valence-electron chi connectivity index (χ3n) is 1.85. The van der Waals surface area contributed by atoms with Gasteiger partial charge in [-0.15, -0.1) is 0 Å². The maximum Gasteiger partial charge on any atom is 0.365 e. The zero-order chi connectivity index (χ0) is 13.2. The van der Waals surface area contributed by atoms with E-state index in [9.17, 15) is 22.4 Å². The maximum absolute atomic E-state index is 13.1. The zero-order valence-corrected chi connectivity index (χ0v) is 9.23. The lowest BCUT2D eigenvalue weighted by molar-refractivity contribution is -0.147. The van der Waals surface area contributed by atoms with Crippen LogP contribution >= 0.6 is 12.2 Å². The van der Waals surface area contributed by atoms with E-state index in [0.717, 1.165) is 7.11 Å². The number of hydrogen-bond acceptors (Lipinski definition) is 4. The molecule has 0 aliphatic carbocycles. The average molecular weight is 273 g/mol. The van der Waals surface area contributed by atoms with Crippen LogP contribution in [0.25, 0.3) is 0 Å². The molecule has 1 aromatic heterocycles. The molecule has 0 spiro atoms. The van der Waals surface area contributed by atoms with Crippen molar-refractivity contribution in [3.05, 3.63) is 10.6 Å². The first-order chi connectivity index (χ1) is 7.80. The molecule has 1 N–H and O–H groups in total. The molecule has 0 fully saturated rings. The van der Waals surface area contributed by atoms with E-state index >= 15 is 0 Å². The van der Waals surface area contributed by atoms with Crippen LogP contribution in [0.1, 0.15) is 5.82 Å². The molecule has 0 aliphatic heterocycles. The number of aromatic nitrogens is 3. The number of alkyl halides is 4. The molecule has 0 aromatic carbocycles. The Balaban J connectivity index is 3.19. The van der Waals surface area contributed by atoms with Gasteiger partial charge < -0.3 is 4.74 Å². The number of H-pyrrole nitrogens is 1. The van der Waals surface area contributed by atoms with E-state index in [1.54, 1.807) is 0 Å². The molecular formula is C7H7F4N3O2S. The van der Waals surface area contributed by atoms with Gasteiger partial charge in [-0.25, -0.2) is 8.78 Å². The molecule has 5 nitrogen and oxygen atoms in total. The van der Waals surface area contributed by atoms with Gasteiger partial charge in [0.25, 0.3) is 0 Å². The molecule has 0 saturated heterocycles. The van der Waals surface area contributed by atoms with Crippen molar-refractivity contribution in [2.24, 2.45) is 0 Å². The minimum atomic E-state index is -4.50. The summed E-state index contributed by atoms with van der Waals surface area (Å²) in [5.41, 5.74) is 0. The third kappa shape index (κ3) is 2.62. The minimum Gasteiger partial charge on any atom is -0.468 e. The molecule has 1 rings (SSSR count). The molecule has 1 aromatic rings. The predicted molar refractivity (Wildman–Crippen MR) is 49.3 cm³/mol. The lowest BCUT2D eigenvalue weighted by Gasteiger charge is -2.14. The molecule has 0 bridgehead atoms. The summed E-state index contributed by atoms with van der Waals surface area (Å²) in [5, 5.41) is 4.93. The number of esters is 1. The zero-order valence-electron chi connectivity index (χ0n) is 8.42. The molecular weight excluding hydrogens is 266 g/mol. The molecule has 0 radical (unpaired) electrons. The van der Waals surface area contributed by atoms with Crippen LogP contribution < -0.4 is 0 Å². The lowest BCUT2D eigenvalue weighted by Crippen LogP contribution is -2.29. The van der Waals surface area contributed by atoms with E-state index in [-0.39, 0.29) is 4.77 Å². The molecule has 0 atom stereocenters. The summed E-state index contributed by atoms with van der Waals surface area (Å²) >= 11 is 4.55. The molecule has 0 saturated carbocycles. The smallest absolute Gasteiger partial charge is 0.365 e. The van der Waals surface area contributed by atoms with Crippen molar-refractivity contribution in [3.8, 4) is 0 Å². The predicted octanol–water partition coefficient (Wildman–Crippen LogP) is 1.47. The first kappa shape index (κ1) is 13.6. The summed E-state index contributed by atoms with van der Waals surface area (Å²) in [6.45, 7) is -0.719. The fourth-order valence-corrected chi connectivity index (χ4v) is 1.21. The topological polar surface area (TPSA) is 59.9 Å². The van der Waals surface area contributed by atoms with Crippen molar-refractivity contribution < 1.29 is 27.1 Å². The Morgan fingerprint density at radius 3 is 2.71 bits per heavy atom. The molecule has 10 heteroatoms. The van der Waals surface area contributed by atoms with Gasteiger partial charge in [0.05, 0.1) is 7.11 Å². The number of ether oxygens (including phenoxy) is 1. The summed E-state index contributed by atoms with van der Waals surface area (Å²) in [7, 11) is 1.02. The molecule has 96 valence electrons. The lowest BCUT2D eigenvalue weighted by atomic mass is 10.3. The van der Waals surface area contributed by atoms with E-state index in [1.807, 2.05) is 5.10 Å².